The number of benzene rings is 1. The van der Waals surface area contributed by atoms with Gasteiger partial charge in [0.05, 0.1) is 17.8 Å². The Kier molecular flexibility index (Phi) is 5.28. The number of allylic oxidation sites excluding steroid dienone is 1. The van der Waals surface area contributed by atoms with E-state index in [1.807, 2.05) is 6.08 Å². The van der Waals surface area contributed by atoms with Crippen LogP contribution in [0.4, 0.5) is 5.69 Å². The van der Waals surface area contributed by atoms with Crippen LogP contribution < -0.4 is 4.74 Å². The first-order valence-corrected chi connectivity index (χ1v) is 6.48. The van der Waals surface area contributed by atoms with Crippen LogP contribution in [0.1, 0.15) is 12.8 Å². The molecule has 0 aromatic heterocycles. The van der Waals surface area contributed by atoms with Crippen LogP contribution in [0.5, 0.6) is 5.75 Å². The number of rotatable bonds is 6. The molecule has 1 heterocycles. The highest BCUT2D eigenvalue weighted by atomic mass is 16.6. The van der Waals surface area contributed by atoms with E-state index in [1.54, 1.807) is 6.26 Å². The van der Waals surface area contributed by atoms with Crippen molar-refractivity contribution in [2.24, 2.45) is 0 Å². The number of nitrogens with zero attached hydrogens (tertiary/aromatic N) is 1. The molecule has 1 aliphatic rings. The van der Waals surface area contributed by atoms with Crippen molar-refractivity contribution >= 4 is 11.7 Å². The Balaban J connectivity index is 1.71. The Bertz CT molecular complexity index is 525. The predicted molar refractivity (Wildman–Crippen MR) is 72.8 cm³/mol. The van der Waals surface area contributed by atoms with Crippen LogP contribution in [0.15, 0.2) is 36.6 Å². The van der Waals surface area contributed by atoms with Crippen molar-refractivity contribution in [3.8, 4) is 5.75 Å². The highest BCUT2D eigenvalue weighted by Gasteiger charge is 2.13. The maximum absolute atomic E-state index is 11.5. The van der Waals surface area contributed by atoms with Crippen molar-refractivity contribution in [2.45, 2.75) is 18.9 Å². The van der Waals surface area contributed by atoms with Gasteiger partial charge < -0.3 is 14.2 Å². The Morgan fingerprint density at radius 1 is 1.38 bits per heavy atom. The summed E-state index contributed by atoms with van der Waals surface area (Å²) in [5.74, 6) is -0.318. The van der Waals surface area contributed by atoms with Crippen molar-refractivity contribution in [1.29, 1.82) is 0 Å². The smallest absolute Gasteiger partial charge is 0.337 e. The third-order valence-corrected chi connectivity index (χ3v) is 2.83. The number of hydrogen-bond acceptors (Lipinski definition) is 6. The van der Waals surface area contributed by atoms with Gasteiger partial charge in [-0.2, -0.15) is 0 Å². The lowest BCUT2D eigenvalue weighted by Crippen LogP contribution is -2.23. The highest BCUT2D eigenvalue weighted by molar-refractivity contribution is 5.73. The van der Waals surface area contributed by atoms with Gasteiger partial charge in [-0.15, -0.1) is 0 Å². The van der Waals surface area contributed by atoms with Gasteiger partial charge in [-0.3, -0.25) is 10.1 Å². The molecule has 0 aliphatic carbocycles. The summed E-state index contributed by atoms with van der Waals surface area (Å²) < 4.78 is 15.5. The zero-order valence-electron chi connectivity index (χ0n) is 11.3. The van der Waals surface area contributed by atoms with Crippen LogP contribution in [0.3, 0.4) is 0 Å². The summed E-state index contributed by atoms with van der Waals surface area (Å²) >= 11 is 0. The normalized spacial score (nSPS) is 17.0. The van der Waals surface area contributed by atoms with Gasteiger partial charge in [0.1, 0.15) is 18.5 Å². The summed E-state index contributed by atoms with van der Waals surface area (Å²) in [7, 11) is 0. The lowest BCUT2D eigenvalue weighted by atomic mass is 10.2. The Morgan fingerprint density at radius 2 is 2.14 bits per heavy atom. The fourth-order valence-electron chi connectivity index (χ4n) is 1.78. The number of non-ortho nitro benzene ring substituents is 1. The number of nitro benzene ring substituents is 1. The number of carbonyl (C=O) groups excluding carboxylic acids is 1. The van der Waals surface area contributed by atoms with Crippen LogP contribution in [0.25, 0.3) is 0 Å². The lowest BCUT2D eigenvalue weighted by Gasteiger charge is -2.18. The monoisotopic (exact) mass is 293 g/mol. The maximum Gasteiger partial charge on any atom is 0.337 e. The van der Waals surface area contributed by atoms with Crippen LogP contribution in [-0.2, 0) is 14.3 Å². The first-order chi connectivity index (χ1) is 10.1. The van der Waals surface area contributed by atoms with E-state index in [-0.39, 0.29) is 24.1 Å². The first-order valence-electron chi connectivity index (χ1n) is 6.48. The second kappa shape index (κ2) is 7.39. The van der Waals surface area contributed by atoms with Gasteiger partial charge in [0.15, 0.2) is 0 Å². The number of esters is 1. The van der Waals surface area contributed by atoms with Gasteiger partial charge in [0.2, 0.25) is 0 Å². The van der Waals surface area contributed by atoms with Crippen LogP contribution >= 0.6 is 0 Å². The molecule has 7 heteroatoms. The van der Waals surface area contributed by atoms with Crippen molar-refractivity contribution in [2.75, 3.05) is 13.2 Å². The third-order valence-electron chi connectivity index (χ3n) is 2.83. The molecule has 21 heavy (non-hydrogen) atoms. The second-order valence-electron chi connectivity index (χ2n) is 4.45. The topological polar surface area (TPSA) is 87.9 Å². The number of carbonyl (C=O) groups is 1. The van der Waals surface area contributed by atoms with Gasteiger partial charge in [-0.1, -0.05) is 0 Å². The molecule has 1 atom stereocenters. The SMILES string of the molecule is O=C(COCC1CCC=CO1)Oc1ccc([N+](=O)[O-])cc1. The van der Waals surface area contributed by atoms with Crippen molar-refractivity contribution in [1.82, 2.24) is 0 Å². The maximum atomic E-state index is 11.5. The molecule has 0 saturated heterocycles. The fourth-order valence-corrected chi connectivity index (χ4v) is 1.78. The standard InChI is InChI=1S/C14H15NO6/c16-14(10-19-9-13-3-1-2-8-20-13)21-12-6-4-11(5-7-12)15(17)18/h2,4-8,13H,1,3,9-10H2. The van der Waals surface area contributed by atoms with E-state index < -0.39 is 10.9 Å². The predicted octanol–water partition coefficient (Wildman–Crippen LogP) is 2.21. The quantitative estimate of drug-likeness (QED) is 0.346. The number of ether oxygens (including phenoxy) is 3. The Hall–Kier alpha value is -2.41. The largest absolute Gasteiger partial charge is 0.496 e. The molecule has 1 unspecified atom stereocenters. The molecular weight excluding hydrogens is 278 g/mol. The minimum Gasteiger partial charge on any atom is -0.496 e. The summed E-state index contributed by atoms with van der Waals surface area (Å²) in [5, 5.41) is 10.5. The zero-order chi connectivity index (χ0) is 15.1. The second-order valence-corrected chi connectivity index (χ2v) is 4.45. The van der Waals surface area contributed by atoms with Crippen LogP contribution in [0, 0.1) is 10.1 Å². The van der Waals surface area contributed by atoms with Gasteiger partial charge in [0, 0.05) is 12.1 Å². The molecule has 7 nitrogen and oxygen atoms in total. The van der Waals surface area contributed by atoms with Crippen LogP contribution in [-0.4, -0.2) is 30.2 Å². The first kappa shape index (κ1) is 15.0. The molecule has 1 aromatic rings. The van der Waals surface area contributed by atoms with Crippen LogP contribution in [0.2, 0.25) is 0 Å². The number of nitro groups is 1. The molecule has 0 spiro atoms. The molecule has 1 aliphatic heterocycles. The van der Waals surface area contributed by atoms with Gasteiger partial charge in [-0.05, 0) is 31.1 Å². The summed E-state index contributed by atoms with van der Waals surface area (Å²) in [6.45, 7) is 0.125. The van der Waals surface area contributed by atoms with Crippen molar-refractivity contribution in [3.63, 3.8) is 0 Å². The van der Waals surface area contributed by atoms with Gasteiger partial charge in [0.25, 0.3) is 5.69 Å². The minimum atomic E-state index is -0.560. The summed E-state index contributed by atoms with van der Waals surface area (Å²) in [4.78, 5) is 21.5. The summed E-state index contributed by atoms with van der Waals surface area (Å²) in [5.41, 5.74) is -0.0615. The average molecular weight is 293 g/mol. The average Bonchev–Trinajstić information content (AvgIpc) is 2.49. The lowest BCUT2D eigenvalue weighted by molar-refractivity contribution is -0.384. The molecule has 0 radical (unpaired) electrons. The Labute approximate surface area is 121 Å². The molecule has 0 fully saturated rings. The molecule has 0 saturated carbocycles. The van der Waals surface area contributed by atoms with Crippen molar-refractivity contribution < 1.29 is 23.9 Å². The van der Waals surface area contributed by atoms with Crippen molar-refractivity contribution in [3.05, 3.63) is 46.7 Å². The van der Waals surface area contributed by atoms with E-state index in [1.165, 1.54) is 24.3 Å². The molecule has 0 N–H and O–H groups in total. The molecular formula is C14H15NO6. The molecule has 2 rings (SSSR count). The van der Waals surface area contributed by atoms with E-state index in [0.717, 1.165) is 12.8 Å². The zero-order valence-corrected chi connectivity index (χ0v) is 11.3. The molecule has 1 aromatic carbocycles. The van der Waals surface area contributed by atoms with E-state index in [9.17, 15) is 14.9 Å². The van der Waals surface area contributed by atoms with E-state index in [0.29, 0.717) is 6.61 Å². The number of hydrogen-bond donors (Lipinski definition) is 0. The fraction of sp³-hybridized carbons (Fsp3) is 0.357. The Morgan fingerprint density at radius 3 is 2.76 bits per heavy atom. The van der Waals surface area contributed by atoms with E-state index in [2.05, 4.69) is 0 Å². The summed E-state index contributed by atoms with van der Waals surface area (Å²) in [6.07, 6.45) is 5.31. The molecule has 0 amide bonds. The summed E-state index contributed by atoms with van der Waals surface area (Å²) in [6, 6.07) is 5.27. The van der Waals surface area contributed by atoms with E-state index in [4.69, 9.17) is 14.2 Å². The van der Waals surface area contributed by atoms with E-state index >= 15 is 0 Å². The molecule has 112 valence electrons. The highest BCUT2D eigenvalue weighted by Crippen LogP contribution is 2.17. The van der Waals surface area contributed by atoms with Gasteiger partial charge >= 0.3 is 5.97 Å². The minimum absolute atomic E-state index is 0.0397. The molecule has 0 bridgehead atoms. The van der Waals surface area contributed by atoms with Gasteiger partial charge in [-0.25, -0.2) is 4.79 Å². The third kappa shape index (κ3) is 4.88.